The SMILES string of the molecule is O=C(OCCO)N1CCC(Oc2ccccc2)CC1. The summed E-state index contributed by atoms with van der Waals surface area (Å²) in [5.41, 5.74) is 0. The van der Waals surface area contributed by atoms with Gasteiger partial charge in [0.05, 0.1) is 6.61 Å². The fraction of sp³-hybridized carbons (Fsp3) is 0.500. The van der Waals surface area contributed by atoms with Gasteiger partial charge in [-0.05, 0) is 12.1 Å². The van der Waals surface area contributed by atoms with Gasteiger partial charge in [-0.25, -0.2) is 4.79 Å². The predicted octanol–water partition coefficient (Wildman–Crippen LogP) is 1.66. The quantitative estimate of drug-likeness (QED) is 0.899. The van der Waals surface area contributed by atoms with Crippen LogP contribution in [0.25, 0.3) is 0 Å². The van der Waals surface area contributed by atoms with Crippen LogP contribution in [0.2, 0.25) is 0 Å². The van der Waals surface area contributed by atoms with Crippen LogP contribution in [0.15, 0.2) is 30.3 Å². The van der Waals surface area contributed by atoms with E-state index in [1.165, 1.54) is 0 Å². The third-order valence-electron chi connectivity index (χ3n) is 3.06. The second-order valence-electron chi connectivity index (χ2n) is 4.46. The second-order valence-corrected chi connectivity index (χ2v) is 4.46. The number of ether oxygens (including phenoxy) is 2. The van der Waals surface area contributed by atoms with Crippen molar-refractivity contribution in [2.24, 2.45) is 0 Å². The largest absolute Gasteiger partial charge is 0.490 e. The normalized spacial score (nSPS) is 16.2. The van der Waals surface area contributed by atoms with E-state index in [0.717, 1.165) is 18.6 Å². The Hall–Kier alpha value is -1.75. The zero-order valence-electron chi connectivity index (χ0n) is 10.8. The van der Waals surface area contributed by atoms with Gasteiger partial charge in [0, 0.05) is 25.9 Å². The summed E-state index contributed by atoms with van der Waals surface area (Å²) < 4.78 is 10.7. The highest BCUT2D eigenvalue weighted by atomic mass is 16.6. The van der Waals surface area contributed by atoms with Gasteiger partial charge in [-0.1, -0.05) is 18.2 Å². The van der Waals surface area contributed by atoms with Gasteiger partial charge in [0.15, 0.2) is 0 Å². The van der Waals surface area contributed by atoms with Gasteiger partial charge in [0.2, 0.25) is 0 Å². The van der Waals surface area contributed by atoms with Crippen molar-refractivity contribution >= 4 is 6.09 Å². The van der Waals surface area contributed by atoms with E-state index >= 15 is 0 Å². The molecule has 0 bridgehead atoms. The highest BCUT2D eigenvalue weighted by Crippen LogP contribution is 2.18. The second kappa shape index (κ2) is 6.99. The highest BCUT2D eigenvalue weighted by Gasteiger charge is 2.24. The Morgan fingerprint density at radius 2 is 1.95 bits per heavy atom. The Morgan fingerprint density at radius 3 is 2.58 bits per heavy atom. The minimum absolute atomic E-state index is 0.0548. The van der Waals surface area contributed by atoms with Gasteiger partial charge in [-0.3, -0.25) is 0 Å². The van der Waals surface area contributed by atoms with Crippen LogP contribution < -0.4 is 4.74 Å². The molecule has 1 aromatic carbocycles. The Balaban J connectivity index is 1.75. The van der Waals surface area contributed by atoms with Crippen molar-refractivity contribution in [2.75, 3.05) is 26.3 Å². The molecule has 0 saturated carbocycles. The number of para-hydroxylation sites is 1. The Labute approximate surface area is 112 Å². The smallest absolute Gasteiger partial charge is 0.409 e. The zero-order chi connectivity index (χ0) is 13.5. The van der Waals surface area contributed by atoms with Crippen LogP contribution in [0, 0.1) is 0 Å². The lowest BCUT2D eigenvalue weighted by molar-refractivity contribution is 0.0581. The summed E-state index contributed by atoms with van der Waals surface area (Å²) in [7, 11) is 0. The molecular formula is C14H19NO4. The van der Waals surface area contributed by atoms with Crippen LogP contribution in [-0.4, -0.2) is 48.5 Å². The summed E-state index contributed by atoms with van der Waals surface area (Å²) in [5, 5.41) is 8.60. The first-order valence-corrected chi connectivity index (χ1v) is 6.54. The van der Waals surface area contributed by atoms with Crippen LogP contribution in [-0.2, 0) is 4.74 Å². The van der Waals surface area contributed by atoms with E-state index in [1.54, 1.807) is 4.90 Å². The molecule has 19 heavy (non-hydrogen) atoms. The zero-order valence-corrected chi connectivity index (χ0v) is 10.8. The van der Waals surface area contributed by atoms with Gasteiger partial charge < -0.3 is 19.5 Å². The minimum atomic E-state index is -0.354. The molecule has 2 rings (SSSR count). The topological polar surface area (TPSA) is 59.0 Å². The molecule has 0 unspecified atom stereocenters. The summed E-state index contributed by atoms with van der Waals surface area (Å²) in [4.78, 5) is 13.2. The fourth-order valence-electron chi connectivity index (χ4n) is 2.07. The minimum Gasteiger partial charge on any atom is -0.490 e. The third-order valence-corrected chi connectivity index (χ3v) is 3.06. The molecule has 0 aromatic heterocycles. The van der Waals surface area contributed by atoms with E-state index in [1.807, 2.05) is 30.3 Å². The monoisotopic (exact) mass is 265 g/mol. The van der Waals surface area contributed by atoms with Crippen LogP contribution in [0.1, 0.15) is 12.8 Å². The number of carbonyl (C=O) groups is 1. The number of piperidine rings is 1. The molecule has 5 heteroatoms. The van der Waals surface area contributed by atoms with E-state index in [9.17, 15) is 4.79 Å². The van der Waals surface area contributed by atoms with Crippen molar-refractivity contribution < 1.29 is 19.4 Å². The van der Waals surface area contributed by atoms with E-state index in [4.69, 9.17) is 14.6 Å². The van der Waals surface area contributed by atoms with Gasteiger partial charge in [-0.2, -0.15) is 0 Å². The van der Waals surface area contributed by atoms with Crippen LogP contribution >= 0.6 is 0 Å². The average molecular weight is 265 g/mol. The summed E-state index contributed by atoms with van der Waals surface area (Å²) in [6.45, 7) is 1.17. The molecule has 0 spiro atoms. The number of benzene rings is 1. The van der Waals surface area contributed by atoms with Gasteiger partial charge in [-0.15, -0.1) is 0 Å². The molecule has 0 radical (unpaired) electrons. The lowest BCUT2D eigenvalue weighted by Gasteiger charge is -2.31. The van der Waals surface area contributed by atoms with E-state index in [2.05, 4.69) is 0 Å². The number of aliphatic hydroxyl groups excluding tert-OH is 1. The lowest BCUT2D eigenvalue weighted by atomic mass is 10.1. The maximum atomic E-state index is 11.6. The number of hydrogen-bond acceptors (Lipinski definition) is 4. The number of aliphatic hydroxyl groups is 1. The maximum absolute atomic E-state index is 11.6. The fourth-order valence-corrected chi connectivity index (χ4v) is 2.07. The van der Waals surface area contributed by atoms with Crippen molar-refractivity contribution in [3.05, 3.63) is 30.3 Å². The van der Waals surface area contributed by atoms with Crippen molar-refractivity contribution in [1.82, 2.24) is 4.90 Å². The molecule has 104 valence electrons. The van der Waals surface area contributed by atoms with E-state index in [-0.39, 0.29) is 25.4 Å². The standard InChI is InChI=1S/C14H19NO4/c16-10-11-18-14(17)15-8-6-13(7-9-15)19-12-4-2-1-3-5-12/h1-5,13,16H,6-11H2. The van der Waals surface area contributed by atoms with Crippen LogP contribution in [0.5, 0.6) is 5.75 Å². The van der Waals surface area contributed by atoms with Crippen molar-refractivity contribution in [2.45, 2.75) is 18.9 Å². The first-order valence-electron chi connectivity index (χ1n) is 6.54. The van der Waals surface area contributed by atoms with E-state index in [0.29, 0.717) is 13.1 Å². The Bertz CT molecular complexity index is 388. The van der Waals surface area contributed by atoms with Gasteiger partial charge in [0.1, 0.15) is 18.5 Å². The van der Waals surface area contributed by atoms with Crippen molar-refractivity contribution in [3.8, 4) is 5.75 Å². The number of hydrogen-bond donors (Lipinski definition) is 1. The highest BCUT2D eigenvalue weighted by molar-refractivity contribution is 5.67. The molecule has 1 aromatic rings. The van der Waals surface area contributed by atoms with Gasteiger partial charge in [0.25, 0.3) is 0 Å². The number of rotatable bonds is 4. The molecule has 1 saturated heterocycles. The van der Waals surface area contributed by atoms with Crippen molar-refractivity contribution in [3.63, 3.8) is 0 Å². The van der Waals surface area contributed by atoms with Gasteiger partial charge >= 0.3 is 6.09 Å². The molecule has 0 aliphatic carbocycles. The number of nitrogens with zero attached hydrogens (tertiary/aromatic N) is 1. The molecule has 1 heterocycles. The van der Waals surface area contributed by atoms with Crippen molar-refractivity contribution in [1.29, 1.82) is 0 Å². The van der Waals surface area contributed by atoms with Crippen LogP contribution in [0.3, 0.4) is 0 Å². The average Bonchev–Trinajstić information content (AvgIpc) is 2.46. The predicted molar refractivity (Wildman–Crippen MR) is 70.1 cm³/mol. The molecule has 1 fully saturated rings. The Kier molecular flexibility index (Phi) is 5.03. The first kappa shape index (κ1) is 13.7. The summed E-state index contributed by atoms with van der Waals surface area (Å²) in [5.74, 6) is 0.865. The summed E-state index contributed by atoms with van der Waals surface area (Å²) in [6.07, 6.45) is 1.38. The lowest BCUT2D eigenvalue weighted by Crippen LogP contribution is -2.42. The maximum Gasteiger partial charge on any atom is 0.409 e. The molecule has 0 atom stereocenters. The molecule has 1 amide bonds. The number of likely N-dealkylation sites (tertiary alicyclic amines) is 1. The molecular weight excluding hydrogens is 246 g/mol. The molecule has 1 aliphatic rings. The number of carbonyl (C=O) groups excluding carboxylic acids is 1. The summed E-state index contributed by atoms with van der Waals surface area (Å²) >= 11 is 0. The third kappa shape index (κ3) is 4.13. The van der Waals surface area contributed by atoms with Crippen LogP contribution in [0.4, 0.5) is 4.79 Å². The molecule has 1 aliphatic heterocycles. The molecule has 5 nitrogen and oxygen atoms in total. The van der Waals surface area contributed by atoms with E-state index < -0.39 is 0 Å². The number of amides is 1. The molecule has 1 N–H and O–H groups in total. The Morgan fingerprint density at radius 1 is 1.26 bits per heavy atom. The first-order chi connectivity index (χ1) is 9.29. The summed E-state index contributed by atoms with van der Waals surface area (Å²) in [6, 6.07) is 9.70.